The first-order chi connectivity index (χ1) is 10.1. The number of hydrogen-bond donors (Lipinski definition) is 0. The van der Waals surface area contributed by atoms with Gasteiger partial charge in [0.2, 0.25) is 0 Å². The molecule has 2 aliphatic carbocycles. The summed E-state index contributed by atoms with van der Waals surface area (Å²) in [6.45, 7) is 0. The highest BCUT2D eigenvalue weighted by Crippen LogP contribution is 2.58. The van der Waals surface area contributed by atoms with Crippen molar-refractivity contribution in [1.82, 2.24) is 0 Å². The fourth-order valence-electron chi connectivity index (χ4n) is 3.61. The first-order valence-electron chi connectivity index (χ1n) is 7.06. The van der Waals surface area contributed by atoms with Gasteiger partial charge in [0.1, 0.15) is 0 Å². The zero-order chi connectivity index (χ0) is 15.0. The van der Waals surface area contributed by atoms with Crippen molar-refractivity contribution in [3.05, 3.63) is 41.5 Å². The highest BCUT2D eigenvalue weighted by atomic mass is 16.5. The second-order valence-corrected chi connectivity index (χ2v) is 5.72. The van der Waals surface area contributed by atoms with Crippen molar-refractivity contribution in [1.29, 1.82) is 0 Å². The van der Waals surface area contributed by atoms with E-state index in [0.717, 1.165) is 6.42 Å². The Morgan fingerprint density at radius 2 is 1.71 bits per heavy atom. The highest BCUT2D eigenvalue weighted by molar-refractivity contribution is 6.02. The second-order valence-electron chi connectivity index (χ2n) is 5.72. The van der Waals surface area contributed by atoms with E-state index in [9.17, 15) is 9.59 Å². The average Bonchev–Trinajstić information content (AvgIpc) is 2.82. The minimum absolute atomic E-state index is 0.290. The van der Waals surface area contributed by atoms with Gasteiger partial charge in [0.15, 0.2) is 5.41 Å². The van der Waals surface area contributed by atoms with Gasteiger partial charge < -0.3 is 9.47 Å². The van der Waals surface area contributed by atoms with Gasteiger partial charge in [-0.25, -0.2) is 0 Å². The normalized spacial score (nSPS) is 22.3. The topological polar surface area (TPSA) is 52.6 Å². The molecule has 4 heteroatoms. The van der Waals surface area contributed by atoms with Crippen LogP contribution in [0.1, 0.15) is 24.8 Å². The van der Waals surface area contributed by atoms with Crippen LogP contribution in [0.2, 0.25) is 0 Å². The van der Waals surface area contributed by atoms with E-state index in [0.29, 0.717) is 18.8 Å². The van der Waals surface area contributed by atoms with Crippen LogP contribution in [0.25, 0.3) is 5.57 Å². The van der Waals surface area contributed by atoms with E-state index in [-0.39, 0.29) is 0 Å². The lowest BCUT2D eigenvalue weighted by molar-refractivity contribution is -0.168. The Morgan fingerprint density at radius 1 is 1.10 bits per heavy atom. The lowest BCUT2D eigenvalue weighted by atomic mass is 9.76. The van der Waals surface area contributed by atoms with Gasteiger partial charge in [-0.3, -0.25) is 9.59 Å². The molecular weight excluding hydrogens is 268 g/mol. The Morgan fingerprint density at radius 3 is 2.29 bits per heavy atom. The lowest BCUT2D eigenvalue weighted by Gasteiger charge is -2.28. The van der Waals surface area contributed by atoms with Crippen molar-refractivity contribution >= 4 is 17.5 Å². The first kappa shape index (κ1) is 13.9. The summed E-state index contributed by atoms with van der Waals surface area (Å²) in [6, 6.07) is 10.1. The van der Waals surface area contributed by atoms with Gasteiger partial charge in [-0.2, -0.15) is 0 Å². The monoisotopic (exact) mass is 286 g/mol. The number of hydrogen-bond acceptors (Lipinski definition) is 4. The average molecular weight is 286 g/mol. The molecule has 0 aliphatic heterocycles. The predicted octanol–water partition coefficient (Wildman–Crippen LogP) is 2.59. The largest absolute Gasteiger partial charge is 0.468 e. The number of methoxy groups -OCH3 is 2. The van der Waals surface area contributed by atoms with Gasteiger partial charge in [0.25, 0.3) is 0 Å². The summed E-state index contributed by atoms with van der Waals surface area (Å²) in [7, 11) is 2.64. The third-order valence-corrected chi connectivity index (χ3v) is 4.69. The van der Waals surface area contributed by atoms with Crippen LogP contribution in [-0.2, 0) is 19.1 Å². The van der Waals surface area contributed by atoms with Gasteiger partial charge >= 0.3 is 11.9 Å². The van der Waals surface area contributed by atoms with Crippen LogP contribution in [0.15, 0.2) is 35.9 Å². The smallest absolute Gasteiger partial charge is 0.323 e. The summed E-state index contributed by atoms with van der Waals surface area (Å²) in [5, 5.41) is 0. The highest BCUT2D eigenvalue weighted by Gasteiger charge is 2.58. The Bertz CT molecular complexity index is 599. The van der Waals surface area contributed by atoms with E-state index < -0.39 is 17.4 Å². The van der Waals surface area contributed by atoms with E-state index in [1.54, 1.807) is 0 Å². The molecule has 1 atom stereocenters. The van der Waals surface area contributed by atoms with Crippen molar-refractivity contribution in [3.8, 4) is 0 Å². The number of benzene rings is 1. The minimum Gasteiger partial charge on any atom is -0.468 e. The molecule has 0 radical (unpaired) electrons. The maximum Gasteiger partial charge on any atom is 0.323 e. The summed E-state index contributed by atoms with van der Waals surface area (Å²) >= 11 is 0. The van der Waals surface area contributed by atoms with Crippen molar-refractivity contribution in [2.24, 2.45) is 11.3 Å². The van der Waals surface area contributed by atoms with E-state index in [1.807, 2.05) is 18.2 Å². The molecule has 1 saturated carbocycles. The molecule has 1 aromatic rings. The number of esters is 2. The molecular formula is C17H18O4. The van der Waals surface area contributed by atoms with Crippen molar-refractivity contribution in [2.45, 2.75) is 19.3 Å². The van der Waals surface area contributed by atoms with E-state index in [2.05, 4.69) is 12.1 Å². The zero-order valence-electron chi connectivity index (χ0n) is 12.2. The molecule has 0 heterocycles. The fraction of sp³-hybridized carbons (Fsp3) is 0.412. The van der Waals surface area contributed by atoms with Crippen LogP contribution in [0, 0.1) is 11.3 Å². The molecule has 0 saturated heterocycles. The Balaban J connectivity index is 1.96. The minimum atomic E-state index is -1.15. The maximum absolute atomic E-state index is 12.2. The van der Waals surface area contributed by atoms with E-state index in [1.165, 1.54) is 30.9 Å². The van der Waals surface area contributed by atoms with E-state index in [4.69, 9.17) is 9.47 Å². The van der Waals surface area contributed by atoms with Crippen LogP contribution in [-0.4, -0.2) is 26.2 Å². The third-order valence-electron chi connectivity index (χ3n) is 4.69. The standard InChI is InChI=1S/C17H18O4/c1-20-15(18)17(16(19)21-2)9-12-8-13(14(12)10-17)11-6-4-3-5-7-11/h3-7,12H,8-10H2,1-2H3/t12-/m1/s1. The lowest BCUT2D eigenvalue weighted by Crippen LogP contribution is -2.39. The van der Waals surface area contributed by atoms with E-state index >= 15 is 0 Å². The molecule has 0 amide bonds. The number of rotatable bonds is 3. The molecule has 4 nitrogen and oxygen atoms in total. The summed E-state index contributed by atoms with van der Waals surface area (Å²) in [6.07, 6.45) is 1.83. The first-order valence-corrected chi connectivity index (χ1v) is 7.06. The number of ether oxygens (including phenoxy) is 2. The predicted molar refractivity (Wildman–Crippen MR) is 77.2 cm³/mol. The number of carbonyl (C=O) groups is 2. The van der Waals surface area contributed by atoms with Gasteiger partial charge in [0.05, 0.1) is 14.2 Å². The third kappa shape index (κ3) is 1.97. The van der Waals surface area contributed by atoms with Gasteiger partial charge in [-0.05, 0) is 36.3 Å². The van der Waals surface area contributed by atoms with Crippen molar-refractivity contribution in [2.75, 3.05) is 14.2 Å². The van der Waals surface area contributed by atoms with Crippen LogP contribution >= 0.6 is 0 Å². The molecule has 110 valence electrons. The van der Waals surface area contributed by atoms with Crippen molar-refractivity contribution < 1.29 is 19.1 Å². The van der Waals surface area contributed by atoms with Crippen LogP contribution in [0.4, 0.5) is 0 Å². The number of fused-ring (bicyclic) bond motifs is 1. The Hall–Kier alpha value is -2.10. The Labute approximate surface area is 123 Å². The number of allylic oxidation sites excluding steroid dienone is 2. The van der Waals surface area contributed by atoms with Gasteiger partial charge in [-0.15, -0.1) is 0 Å². The zero-order valence-corrected chi connectivity index (χ0v) is 12.2. The Kier molecular flexibility index (Phi) is 3.32. The second kappa shape index (κ2) is 5.02. The summed E-state index contributed by atoms with van der Waals surface area (Å²) in [5.74, 6) is -0.675. The summed E-state index contributed by atoms with van der Waals surface area (Å²) in [4.78, 5) is 24.3. The molecule has 0 bridgehead atoms. The van der Waals surface area contributed by atoms with Crippen LogP contribution in [0.3, 0.4) is 0 Å². The molecule has 2 aliphatic rings. The SMILES string of the molecule is COC(=O)C1(C(=O)OC)CC2=C(c3ccccc3)C[C@@H]2C1. The van der Waals surface area contributed by atoms with Crippen LogP contribution in [0.5, 0.6) is 0 Å². The number of carbonyl (C=O) groups excluding carboxylic acids is 2. The fourth-order valence-corrected chi connectivity index (χ4v) is 3.61. The van der Waals surface area contributed by atoms with Crippen molar-refractivity contribution in [3.63, 3.8) is 0 Å². The molecule has 1 fully saturated rings. The summed E-state index contributed by atoms with van der Waals surface area (Å²) < 4.78 is 9.73. The van der Waals surface area contributed by atoms with Gasteiger partial charge in [-0.1, -0.05) is 35.9 Å². The molecule has 3 rings (SSSR count). The molecule has 0 spiro atoms. The summed E-state index contributed by atoms with van der Waals surface area (Å²) in [5.41, 5.74) is 2.49. The van der Waals surface area contributed by atoms with Gasteiger partial charge in [0, 0.05) is 0 Å². The maximum atomic E-state index is 12.2. The van der Waals surface area contributed by atoms with Crippen LogP contribution < -0.4 is 0 Å². The molecule has 1 aromatic carbocycles. The quantitative estimate of drug-likeness (QED) is 0.633. The molecule has 0 aromatic heterocycles. The molecule has 21 heavy (non-hydrogen) atoms. The molecule has 0 unspecified atom stereocenters. The molecule has 0 N–H and O–H groups in total.